The summed E-state index contributed by atoms with van der Waals surface area (Å²) in [7, 11) is 0. The van der Waals surface area contributed by atoms with Crippen LogP contribution in [0.15, 0.2) is 30.4 Å². The predicted octanol–water partition coefficient (Wildman–Crippen LogP) is 4.47. The number of rotatable bonds is 7. The smallest absolute Gasteiger partial charge is 0.180 e. The first kappa shape index (κ1) is 13.9. The fourth-order valence-corrected chi connectivity index (χ4v) is 1.52. The largest absolute Gasteiger partial charge is 0.490 e. The van der Waals surface area contributed by atoms with Gasteiger partial charge in [-0.05, 0) is 25.5 Å². The SMILES string of the molecule is CC=CCOc1c(Cl)cccc1OCCCC. The average Bonchev–Trinajstić information content (AvgIpc) is 2.33. The van der Waals surface area contributed by atoms with Gasteiger partial charge in [-0.15, -0.1) is 0 Å². The third kappa shape index (κ3) is 4.70. The first-order valence-corrected chi connectivity index (χ1v) is 6.32. The number of hydrogen-bond donors (Lipinski definition) is 0. The Bertz CT molecular complexity index is 361. The molecule has 0 amide bonds. The number of unbranched alkanes of at least 4 members (excludes halogenated alkanes) is 1. The van der Waals surface area contributed by atoms with E-state index in [1.165, 1.54) is 0 Å². The summed E-state index contributed by atoms with van der Waals surface area (Å²) in [4.78, 5) is 0. The third-order valence-corrected chi connectivity index (χ3v) is 2.54. The molecule has 0 bridgehead atoms. The lowest BCUT2D eigenvalue weighted by molar-refractivity contribution is 0.279. The van der Waals surface area contributed by atoms with Crippen molar-refractivity contribution in [3.63, 3.8) is 0 Å². The molecule has 0 unspecified atom stereocenters. The topological polar surface area (TPSA) is 18.5 Å². The molecule has 0 atom stereocenters. The summed E-state index contributed by atoms with van der Waals surface area (Å²) in [6.45, 7) is 5.28. The molecule has 0 N–H and O–H groups in total. The van der Waals surface area contributed by atoms with Crippen LogP contribution >= 0.6 is 11.6 Å². The Morgan fingerprint density at radius 2 is 2.12 bits per heavy atom. The van der Waals surface area contributed by atoms with Crippen LogP contribution < -0.4 is 9.47 Å². The maximum atomic E-state index is 6.09. The number of hydrogen-bond acceptors (Lipinski definition) is 2. The normalized spacial score (nSPS) is 10.8. The van der Waals surface area contributed by atoms with Gasteiger partial charge in [0.2, 0.25) is 0 Å². The second-order valence-corrected chi connectivity index (χ2v) is 4.06. The van der Waals surface area contributed by atoms with Gasteiger partial charge in [0.15, 0.2) is 11.5 Å². The van der Waals surface area contributed by atoms with E-state index in [-0.39, 0.29) is 0 Å². The van der Waals surface area contributed by atoms with Crippen LogP contribution in [0.1, 0.15) is 26.7 Å². The Balaban J connectivity index is 2.69. The third-order valence-electron chi connectivity index (χ3n) is 2.25. The van der Waals surface area contributed by atoms with Crippen LogP contribution in [0.2, 0.25) is 5.02 Å². The maximum Gasteiger partial charge on any atom is 0.180 e. The maximum absolute atomic E-state index is 6.09. The zero-order chi connectivity index (χ0) is 12.5. The van der Waals surface area contributed by atoms with Crippen molar-refractivity contribution in [3.8, 4) is 11.5 Å². The molecule has 0 fully saturated rings. The second-order valence-electron chi connectivity index (χ2n) is 3.65. The fraction of sp³-hybridized carbons (Fsp3) is 0.429. The summed E-state index contributed by atoms with van der Waals surface area (Å²) in [5.41, 5.74) is 0. The van der Waals surface area contributed by atoms with Gasteiger partial charge in [-0.2, -0.15) is 0 Å². The van der Waals surface area contributed by atoms with E-state index >= 15 is 0 Å². The van der Waals surface area contributed by atoms with Crippen LogP contribution in [0.5, 0.6) is 11.5 Å². The van der Waals surface area contributed by atoms with Crippen LogP contribution in [0.4, 0.5) is 0 Å². The van der Waals surface area contributed by atoms with Crippen molar-refractivity contribution < 1.29 is 9.47 Å². The summed E-state index contributed by atoms with van der Waals surface area (Å²) in [6.07, 6.45) is 6.00. The minimum absolute atomic E-state index is 0.504. The van der Waals surface area contributed by atoms with E-state index in [0.29, 0.717) is 24.0 Å². The predicted molar refractivity (Wildman–Crippen MR) is 72.2 cm³/mol. The van der Waals surface area contributed by atoms with Gasteiger partial charge in [0.1, 0.15) is 6.61 Å². The molecule has 3 heteroatoms. The molecule has 1 aromatic carbocycles. The molecule has 0 aromatic heterocycles. The monoisotopic (exact) mass is 254 g/mol. The van der Waals surface area contributed by atoms with Crippen molar-refractivity contribution in [1.29, 1.82) is 0 Å². The van der Waals surface area contributed by atoms with Crippen LogP contribution in [0.25, 0.3) is 0 Å². The highest BCUT2D eigenvalue weighted by Crippen LogP contribution is 2.34. The van der Waals surface area contributed by atoms with Crippen LogP contribution in [-0.4, -0.2) is 13.2 Å². The average molecular weight is 255 g/mol. The molecule has 17 heavy (non-hydrogen) atoms. The van der Waals surface area contributed by atoms with Gasteiger partial charge in [0, 0.05) is 0 Å². The highest BCUT2D eigenvalue weighted by molar-refractivity contribution is 6.32. The van der Waals surface area contributed by atoms with Crippen molar-refractivity contribution in [2.75, 3.05) is 13.2 Å². The molecule has 1 aromatic rings. The highest BCUT2D eigenvalue weighted by Gasteiger charge is 2.08. The van der Waals surface area contributed by atoms with Gasteiger partial charge in [-0.25, -0.2) is 0 Å². The molecule has 0 aliphatic carbocycles. The van der Waals surface area contributed by atoms with E-state index in [0.717, 1.165) is 18.6 Å². The minimum Gasteiger partial charge on any atom is -0.490 e. The lowest BCUT2D eigenvalue weighted by atomic mass is 10.3. The van der Waals surface area contributed by atoms with E-state index in [2.05, 4.69) is 6.92 Å². The second kappa shape index (κ2) is 8.02. The molecular weight excluding hydrogens is 236 g/mol. The zero-order valence-electron chi connectivity index (χ0n) is 10.4. The molecule has 0 aliphatic heterocycles. The fourth-order valence-electron chi connectivity index (χ4n) is 1.30. The van der Waals surface area contributed by atoms with Gasteiger partial charge < -0.3 is 9.47 Å². The minimum atomic E-state index is 0.504. The Hall–Kier alpha value is -1.15. The first-order valence-electron chi connectivity index (χ1n) is 5.94. The summed E-state index contributed by atoms with van der Waals surface area (Å²) < 4.78 is 11.3. The van der Waals surface area contributed by atoms with Gasteiger partial charge >= 0.3 is 0 Å². The van der Waals surface area contributed by atoms with Crippen molar-refractivity contribution in [1.82, 2.24) is 0 Å². The van der Waals surface area contributed by atoms with Crippen molar-refractivity contribution >= 4 is 11.6 Å². The lowest BCUT2D eigenvalue weighted by Gasteiger charge is -2.12. The zero-order valence-corrected chi connectivity index (χ0v) is 11.2. The van der Waals surface area contributed by atoms with Crippen molar-refractivity contribution in [2.45, 2.75) is 26.7 Å². The molecule has 0 aliphatic rings. The highest BCUT2D eigenvalue weighted by atomic mass is 35.5. The van der Waals surface area contributed by atoms with E-state index in [4.69, 9.17) is 21.1 Å². The molecule has 0 saturated heterocycles. The Labute approximate surface area is 108 Å². The first-order chi connectivity index (χ1) is 8.29. The van der Waals surface area contributed by atoms with E-state index < -0.39 is 0 Å². The van der Waals surface area contributed by atoms with Crippen LogP contribution in [0.3, 0.4) is 0 Å². The summed E-state index contributed by atoms with van der Waals surface area (Å²) >= 11 is 6.09. The molecular formula is C14H19ClO2. The van der Waals surface area contributed by atoms with E-state index in [1.54, 1.807) is 6.07 Å². The number of allylic oxidation sites excluding steroid dienone is 1. The number of benzene rings is 1. The standard InChI is InChI=1S/C14H19ClO2/c1-3-5-10-16-13-9-7-8-12(15)14(13)17-11-6-4-2/h4,6-9H,3,5,10-11H2,1-2H3. The molecule has 0 spiro atoms. The molecule has 2 nitrogen and oxygen atoms in total. The molecule has 1 rings (SSSR count). The summed E-state index contributed by atoms with van der Waals surface area (Å²) in [6, 6.07) is 5.55. The summed E-state index contributed by atoms with van der Waals surface area (Å²) in [5.74, 6) is 1.35. The van der Waals surface area contributed by atoms with Gasteiger partial charge in [0.05, 0.1) is 11.6 Å². The van der Waals surface area contributed by atoms with Crippen molar-refractivity contribution in [2.24, 2.45) is 0 Å². The molecule has 94 valence electrons. The van der Waals surface area contributed by atoms with Gasteiger partial charge in [-0.3, -0.25) is 0 Å². The Kier molecular flexibility index (Phi) is 6.56. The Morgan fingerprint density at radius 1 is 1.29 bits per heavy atom. The number of para-hydroxylation sites is 1. The van der Waals surface area contributed by atoms with Crippen LogP contribution in [-0.2, 0) is 0 Å². The lowest BCUT2D eigenvalue weighted by Crippen LogP contribution is -2.01. The van der Waals surface area contributed by atoms with E-state index in [9.17, 15) is 0 Å². The number of ether oxygens (including phenoxy) is 2. The van der Waals surface area contributed by atoms with Gasteiger partial charge in [-0.1, -0.05) is 43.2 Å². The molecule has 0 saturated carbocycles. The van der Waals surface area contributed by atoms with Crippen LogP contribution in [0, 0.1) is 0 Å². The van der Waals surface area contributed by atoms with Crippen molar-refractivity contribution in [3.05, 3.63) is 35.4 Å². The summed E-state index contributed by atoms with van der Waals surface area (Å²) in [5, 5.41) is 0.587. The number of halogens is 1. The Morgan fingerprint density at radius 3 is 2.82 bits per heavy atom. The molecule has 0 heterocycles. The molecule has 0 radical (unpaired) electrons. The van der Waals surface area contributed by atoms with E-state index in [1.807, 2.05) is 31.2 Å². The quantitative estimate of drug-likeness (QED) is 0.528. The van der Waals surface area contributed by atoms with Gasteiger partial charge in [0.25, 0.3) is 0 Å².